The van der Waals surface area contributed by atoms with Crippen LogP contribution < -0.4 is 35.2 Å². The summed E-state index contributed by atoms with van der Waals surface area (Å²) in [5.41, 5.74) is 2.00. The molecular weight excluding hydrogens is 543 g/mol. The van der Waals surface area contributed by atoms with E-state index in [0.29, 0.717) is 0 Å². The fourth-order valence-corrected chi connectivity index (χ4v) is 4.80. The van der Waals surface area contributed by atoms with Gasteiger partial charge >= 0.3 is 6.03 Å². The zero-order valence-electron chi connectivity index (χ0n) is 20.3. The molecule has 0 radical (unpaired) electrons. The average Bonchev–Trinajstić information content (AvgIpc) is 2.92. The Hall–Kier alpha value is -3.25. The minimum absolute atomic E-state index is 0.0160. The van der Waals surface area contributed by atoms with Gasteiger partial charge in [0.1, 0.15) is 21.4 Å². The van der Waals surface area contributed by atoms with E-state index >= 15 is 0 Å². The van der Waals surface area contributed by atoms with E-state index in [1.165, 1.54) is 32.5 Å². The zero-order chi connectivity index (χ0) is 26.5. The molecule has 3 N–H and O–H groups in total. The van der Waals surface area contributed by atoms with E-state index in [1.54, 1.807) is 0 Å². The highest BCUT2D eigenvalue weighted by molar-refractivity contribution is 6.45. The van der Waals surface area contributed by atoms with Crippen molar-refractivity contribution in [3.05, 3.63) is 45.7 Å². The first-order chi connectivity index (χ1) is 17.8. The van der Waals surface area contributed by atoms with Crippen LogP contribution in [0.2, 0.25) is 15.1 Å². The molecule has 2 aromatic carbocycles. The molecule has 37 heavy (non-hydrogen) atoms. The van der Waals surface area contributed by atoms with Crippen molar-refractivity contribution in [1.29, 1.82) is 0 Å². The maximum atomic E-state index is 13.0. The molecule has 3 aromatic rings. The van der Waals surface area contributed by atoms with E-state index in [-0.39, 0.29) is 44.2 Å². The van der Waals surface area contributed by atoms with Crippen LogP contribution in [0.1, 0.15) is 0 Å². The van der Waals surface area contributed by atoms with Crippen LogP contribution >= 0.6 is 34.8 Å². The summed E-state index contributed by atoms with van der Waals surface area (Å²) < 4.78 is 10.5. The molecule has 11 nitrogen and oxygen atoms in total. The largest absolute Gasteiger partial charge is 0.493 e. The van der Waals surface area contributed by atoms with Crippen LogP contribution in [0.15, 0.2) is 30.6 Å². The highest BCUT2D eigenvalue weighted by atomic mass is 35.5. The number of aromatic nitrogens is 3. The van der Waals surface area contributed by atoms with E-state index in [4.69, 9.17) is 44.3 Å². The second-order valence-electron chi connectivity index (χ2n) is 7.89. The van der Waals surface area contributed by atoms with Crippen molar-refractivity contribution in [2.24, 2.45) is 0 Å². The lowest BCUT2D eigenvalue weighted by atomic mass is 10.2. The summed E-state index contributed by atoms with van der Waals surface area (Å²) in [6.45, 7) is 3.85. The molecule has 1 aliphatic heterocycles. The predicted molar refractivity (Wildman–Crippen MR) is 147 cm³/mol. The maximum absolute atomic E-state index is 13.0. The van der Waals surface area contributed by atoms with Crippen LogP contribution in [-0.4, -0.2) is 68.4 Å². The number of benzene rings is 2. The number of urea groups is 1. The van der Waals surface area contributed by atoms with E-state index in [1.807, 2.05) is 24.3 Å². The van der Waals surface area contributed by atoms with Crippen molar-refractivity contribution >= 4 is 69.8 Å². The maximum Gasteiger partial charge on any atom is 0.328 e. The van der Waals surface area contributed by atoms with E-state index in [0.717, 1.165) is 37.6 Å². The Morgan fingerprint density at radius 3 is 2.22 bits per heavy atom. The number of carbonyl (C=O) groups excluding carboxylic acids is 1. The van der Waals surface area contributed by atoms with Crippen molar-refractivity contribution in [2.75, 3.05) is 67.9 Å². The second-order valence-corrected chi connectivity index (χ2v) is 9.02. The molecule has 1 fully saturated rings. The van der Waals surface area contributed by atoms with Gasteiger partial charge in [0.15, 0.2) is 11.5 Å². The van der Waals surface area contributed by atoms with Gasteiger partial charge in [0.25, 0.3) is 0 Å². The first kappa shape index (κ1) is 26.8. The van der Waals surface area contributed by atoms with Gasteiger partial charge in [-0.3, -0.25) is 4.90 Å². The standard InChI is InChI=1S/C23H25Cl3N8O3/c1-33(23(35)31-18-15(24)19(36-2)17(26)20(37-3)16(18)25)22-29-12-28-21(32-22)30-13-4-6-14(7-5-13)34-10-8-27-9-11-34/h4-7,12,27H,8-11H2,1-3H3,(H,31,35)(H,28,29,30,32). The van der Waals surface area contributed by atoms with Crippen LogP contribution in [0.4, 0.5) is 33.8 Å². The normalized spacial score (nSPS) is 13.2. The summed E-state index contributed by atoms with van der Waals surface area (Å²) in [6.07, 6.45) is 1.30. The Bertz CT molecular complexity index is 1240. The number of hydrogen-bond acceptors (Lipinski definition) is 9. The highest BCUT2D eigenvalue weighted by Gasteiger charge is 2.26. The van der Waals surface area contributed by atoms with Crippen molar-refractivity contribution < 1.29 is 14.3 Å². The molecule has 1 aliphatic rings. The van der Waals surface area contributed by atoms with Gasteiger partial charge in [-0.15, -0.1) is 0 Å². The molecule has 2 heterocycles. The molecule has 14 heteroatoms. The Morgan fingerprint density at radius 2 is 1.62 bits per heavy atom. The molecule has 0 unspecified atom stereocenters. The van der Waals surface area contributed by atoms with Crippen molar-refractivity contribution in [1.82, 2.24) is 20.3 Å². The van der Waals surface area contributed by atoms with Crippen LogP contribution in [0.25, 0.3) is 0 Å². The highest BCUT2D eigenvalue weighted by Crippen LogP contribution is 2.50. The fourth-order valence-electron chi connectivity index (χ4n) is 3.69. The average molecular weight is 568 g/mol. The first-order valence-electron chi connectivity index (χ1n) is 11.2. The number of amides is 2. The number of carbonyl (C=O) groups is 1. The topological polar surface area (TPSA) is 117 Å². The van der Waals surface area contributed by atoms with Gasteiger partial charge in [-0.1, -0.05) is 34.8 Å². The number of nitrogens with zero attached hydrogens (tertiary/aromatic N) is 5. The van der Waals surface area contributed by atoms with E-state index < -0.39 is 6.03 Å². The smallest absolute Gasteiger partial charge is 0.328 e. The molecular formula is C23H25Cl3N8O3. The first-order valence-corrected chi connectivity index (χ1v) is 12.3. The van der Waals surface area contributed by atoms with Crippen molar-refractivity contribution in [3.8, 4) is 11.5 Å². The SMILES string of the molecule is COc1c(Cl)c(NC(=O)N(C)c2ncnc(Nc3ccc(N4CCNCC4)cc3)n2)c(Cl)c(OC)c1Cl. The van der Waals surface area contributed by atoms with Gasteiger partial charge in [-0.05, 0) is 24.3 Å². The van der Waals surface area contributed by atoms with E-state index in [2.05, 4.69) is 35.8 Å². The summed E-state index contributed by atoms with van der Waals surface area (Å²) in [7, 11) is 4.26. The molecule has 0 spiro atoms. The van der Waals surface area contributed by atoms with Crippen molar-refractivity contribution in [2.45, 2.75) is 0 Å². The Kier molecular flexibility index (Phi) is 8.59. The number of ether oxygens (including phenoxy) is 2. The Morgan fingerprint density at radius 1 is 1.00 bits per heavy atom. The van der Waals surface area contributed by atoms with Gasteiger partial charge in [0.2, 0.25) is 11.9 Å². The summed E-state index contributed by atoms with van der Waals surface area (Å²) in [5, 5.41) is 9.23. The van der Waals surface area contributed by atoms with Gasteiger partial charge in [0, 0.05) is 44.6 Å². The van der Waals surface area contributed by atoms with Crippen LogP contribution in [0, 0.1) is 0 Å². The van der Waals surface area contributed by atoms with Crippen LogP contribution in [0.5, 0.6) is 11.5 Å². The molecule has 0 bridgehead atoms. The lowest BCUT2D eigenvalue weighted by Gasteiger charge is -2.29. The van der Waals surface area contributed by atoms with Crippen molar-refractivity contribution in [3.63, 3.8) is 0 Å². The second kappa shape index (κ2) is 11.9. The van der Waals surface area contributed by atoms with E-state index in [9.17, 15) is 4.79 Å². The third-order valence-electron chi connectivity index (χ3n) is 5.65. The number of hydrogen-bond donors (Lipinski definition) is 3. The number of halogens is 3. The molecule has 0 saturated carbocycles. The number of anilines is 5. The summed E-state index contributed by atoms with van der Waals surface area (Å²) in [5.74, 6) is 0.576. The molecule has 0 aliphatic carbocycles. The van der Waals surface area contributed by atoms with Crippen LogP contribution in [-0.2, 0) is 0 Å². The molecule has 2 amide bonds. The number of piperazine rings is 1. The van der Waals surface area contributed by atoms with Gasteiger partial charge in [-0.25, -0.2) is 14.8 Å². The van der Waals surface area contributed by atoms with Gasteiger partial charge < -0.3 is 30.3 Å². The summed E-state index contributed by atoms with van der Waals surface area (Å²) in [4.78, 5) is 29.1. The fraction of sp³-hybridized carbons (Fsp3) is 0.304. The predicted octanol–water partition coefficient (Wildman–Crippen LogP) is 4.67. The van der Waals surface area contributed by atoms with Gasteiger partial charge in [0.05, 0.1) is 19.9 Å². The molecule has 0 atom stereocenters. The summed E-state index contributed by atoms with van der Waals surface area (Å²) in [6, 6.07) is 7.35. The van der Waals surface area contributed by atoms with Gasteiger partial charge in [-0.2, -0.15) is 4.98 Å². The third kappa shape index (κ3) is 5.85. The third-order valence-corrected chi connectivity index (χ3v) is 6.71. The number of rotatable bonds is 7. The molecule has 1 saturated heterocycles. The lowest BCUT2D eigenvalue weighted by molar-refractivity contribution is 0.257. The lowest BCUT2D eigenvalue weighted by Crippen LogP contribution is -2.43. The number of nitrogens with one attached hydrogen (secondary N) is 3. The Labute approximate surface area is 229 Å². The zero-order valence-corrected chi connectivity index (χ0v) is 22.6. The number of methoxy groups -OCH3 is 2. The monoisotopic (exact) mass is 566 g/mol. The molecule has 4 rings (SSSR count). The molecule has 196 valence electrons. The quantitative estimate of drug-likeness (QED) is 0.374. The summed E-state index contributed by atoms with van der Waals surface area (Å²) >= 11 is 19.0. The minimum Gasteiger partial charge on any atom is -0.493 e. The van der Waals surface area contributed by atoms with Crippen LogP contribution in [0.3, 0.4) is 0 Å². The Balaban J connectivity index is 1.48. The minimum atomic E-state index is -0.618. The molecule has 1 aromatic heterocycles.